The Morgan fingerprint density at radius 3 is 2.20 bits per heavy atom. The van der Waals surface area contributed by atoms with Crippen LogP contribution in [0.25, 0.3) is 0 Å². The second-order valence-electron chi connectivity index (χ2n) is 3.37. The van der Waals surface area contributed by atoms with Crippen LogP contribution in [0.3, 0.4) is 0 Å². The maximum absolute atomic E-state index is 11.1. The van der Waals surface area contributed by atoms with E-state index in [2.05, 4.69) is 52.9 Å². The van der Waals surface area contributed by atoms with Gasteiger partial charge in [0.25, 0.3) is 0 Å². The molecule has 1 unspecified atom stereocenters. The van der Waals surface area contributed by atoms with Gasteiger partial charge in [-0.15, -0.1) is 0 Å². The SMILES string of the molecule is CC(C)C(C(=O)O)n1nc(Br)c(Br)c1Br. The minimum absolute atomic E-state index is 0.0440. The number of carbonyl (C=O) groups is 1. The van der Waals surface area contributed by atoms with Crippen molar-refractivity contribution in [2.24, 2.45) is 5.92 Å². The normalized spacial score (nSPS) is 13.2. The largest absolute Gasteiger partial charge is 0.480 e. The van der Waals surface area contributed by atoms with Gasteiger partial charge in [-0.2, -0.15) is 5.10 Å². The Balaban J connectivity index is 3.23. The third kappa shape index (κ3) is 2.62. The number of aliphatic carboxylic acids is 1. The van der Waals surface area contributed by atoms with Gasteiger partial charge < -0.3 is 5.11 Å². The average Bonchev–Trinajstić information content (AvgIpc) is 2.33. The van der Waals surface area contributed by atoms with Crippen molar-refractivity contribution in [3.05, 3.63) is 13.7 Å². The summed E-state index contributed by atoms with van der Waals surface area (Å²) in [5.41, 5.74) is 0. The average molecular weight is 405 g/mol. The summed E-state index contributed by atoms with van der Waals surface area (Å²) in [6, 6.07) is -0.679. The molecule has 1 aromatic heterocycles. The van der Waals surface area contributed by atoms with Gasteiger partial charge >= 0.3 is 5.97 Å². The van der Waals surface area contributed by atoms with Gasteiger partial charge in [-0.1, -0.05) is 13.8 Å². The van der Waals surface area contributed by atoms with E-state index in [1.807, 2.05) is 13.8 Å². The Hall–Kier alpha value is 0.120. The van der Waals surface area contributed by atoms with Crippen LogP contribution in [0.1, 0.15) is 19.9 Å². The van der Waals surface area contributed by atoms with Crippen LogP contribution < -0.4 is 0 Å². The second kappa shape index (κ2) is 4.97. The van der Waals surface area contributed by atoms with E-state index in [-0.39, 0.29) is 5.92 Å². The number of nitrogens with zero attached hydrogens (tertiary/aromatic N) is 2. The third-order valence-corrected chi connectivity index (χ3v) is 5.04. The molecule has 7 heteroatoms. The summed E-state index contributed by atoms with van der Waals surface area (Å²) >= 11 is 9.83. The first kappa shape index (κ1) is 13.2. The minimum atomic E-state index is -0.895. The molecule has 0 aliphatic carbocycles. The monoisotopic (exact) mass is 402 g/mol. The first-order valence-corrected chi connectivity index (χ1v) is 6.56. The standard InChI is InChI=1S/C8H9Br3N2O2/c1-3(2)5(8(14)15)13-7(11)4(9)6(10)12-13/h3,5H,1-2H3,(H,14,15). The lowest BCUT2D eigenvalue weighted by molar-refractivity contribution is -0.142. The molecule has 0 fully saturated rings. The van der Waals surface area contributed by atoms with Crippen LogP contribution in [0.5, 0.6) is 0 Å². The van der Waals surface area contributed by atoms with Gasteiger partial charge in [-0.25, -0.2) is 9.48 Å². The molecule has 0 amide bonds. The van der Waals surface area contributed by atoms with Crippen molar-refractivity contribution in [2.45, 2.75) is 19.9 Å². The van der Waals surface area contributed by atoms with Gasteiger partial charge in [0.05, 0.1) is 4.47 Å². The van der Waals surface area contributed by atoms with Crippen LogP contribution in [-0.4, -0.2) is 20.9 Å². The lowest BCUT2D eigenvalue weighted by atomic mass is 10.1. The third-order valence-electron chi connectivity index (χ3n) is 1.91. The molecule has 0 saturated carbocycles. The van der Waals surface area contributed by atoms with Crippen molar-refractivity contribution in [3.63, 3.8) is 0 Å². The van der Waals surface area contributed by atoms with Crippen LogP contribution in [0.15, 0.2) is 13.7 Å². The van der Waals surface area contributed by atoms with Crippen LogP contribution in [0.2, 0.25) is 0 Å². The summed E-state index contributed by atoms with van der Waals surface area (Å²) in [7, 11) is 0. The predicted octanol–water partition coefficient (Wildman–Crippen LogP) is 3.45. The molecule has 0 aromatic carbocycles. The molecule has 1 aromatic rings. The molecular weight excluding hydrogens is 396 g/mol. The van der Waals surface area contributed by atoms with Gasteiger partial charge in [0.2, 0.25) is 0 Å². The zero-order chi connectivity index (χ0) is 11.7. The zero-order valence-electron chi connectivity index (χ0n) is 8.04. The minimum Gasteiger partial charge on any atom is -0.480 e. The van der Waals surface area contributed by atoms with E-state index in [1.54, 1.807) is 0 Å². The van der Waals surface area contributed by atoms with Crippen molar-refractivity contribution < 1.29 is 9.90 Å². The van der Waals surface area contributed by atoms with E-state index in [9.17, 15) is 4.79 Å². The molecule has 15 heavy (non-hydrogen) atoms. The molecule has 0 aliphatic heterocycles. The predicted molar refractivity (Wildman–Crippen MR) is 66.8 cm³/mol. The quantitative estimate of drug-likeness (QED) is 0.839. The summed E-state index contributed by atoms with van der Waals surface area (Å²) in [5, 5.41) is 13.2. The molecule has 1 heterocycles. The van der Waals surface area contributed by atoms with Crippen molar-refractivity contribution in [1.29, 1.82) is 0 Å². The van der Waals surface area contributed by atoms with Crippen LogP contribution >= 0.6 is 47.8 Å². The van der Waals surface area contributed by atoms with Crippen molar-refractivity contribution in [2.75, 3.05) is 0 Å². The highest BCUT2D eigenvalue weighted by Gasteiger charge is 2.28. The molecule has 4 nitrogen and oxygen atoms in total. The Kier molecular flexibility index (Phi) is 4.37. The summed E-state index contributed by atoms with van der Waals surface area (Å²) in [6.45, 7) is 3.68. The van der Waals surface area contributed by atoms with Crippen molar-refractivity contribution >= 4 is 53.8 Å². The molecule has 0 spiro atoms. The second-order valence-corrected chi connectivity index (χ2v) is 5.66. The molecule has 84 valence electrons. The molecule has 1 rings (SSSR count). The van der Waals surface area contributed by atoms with Crippen LogP contribution in [0, 0.1) is 5.92 Å². The first-order valence-electron chi connectivity index (χ1n) is 4.18. The summed E-state index contributed by atoms with van der Waals surface area (Å²) < 4.78 is 3.37. The molecular formula is C8H9Br3N2O2. The summed E-state index contributed by atoms with van der Waals surface area (Å²) in [4.78, 5) is 11.1. The Morgan fingerprint density at radius 1 is 1.40 bits per heavy atom. The fraction of sp³-hybridized carbons (Fsp3) is 0.500. The molecule has 0 aliphatic rings. The molecule has 1 N–H and O–H groups in total. The number of carboxylic acids is 1. The smallest absolute Gasteiger partial charge is 0.328 e. The van der Waals surface area contributed by atoms with E-state index in [4.69, 9.17) is 5.11 Å². The van der Waals surface area contributed by atoms with Gasteiger partial charge in [0, 0.05) is 0 Å². The highest BCUT2D eigenvalue weighted by Crippen LogP contribution is 2.34. The highest BCUT2D eigenvalue weighted by molar-refractivity contribution is 9.14. The molecule has 1 atom stereocenters. The Morgan fingerprint density at radius 2 is 1.93 bits per heavy atom. The number of rotatable bonds is 3. The van der Waals surface area contributed by atoms with E-state index in [0.717, 1.165) is 4.47 Å². The number of hydrogen-bond acceptors (Lipinski definition) is 2. The lowest BCUT2D eigenvalue weighted by Crippen LogP contribution is -2.25. The fourth-order valence-corrected chi connectivity index (χ4v) is 2.60. The van der Waals surface area contributed by atoms with Crippen molar-refractivity contribution in [1.82, 2.24) is 9.78 Å². The number of carboxylic acid groups (broad SMARTS) is 1. The van der Waals surface area contributed by atoms with E-state index >= 15 is 0 Å². The van der Waals surface area contributed by atoms with Gasteiger partial charge in [0.15, 0.2) is 6.04 Å². The molecule has 0 radical (unpaired) electrons. The van der Waals surface area contributed by atoms with Crippen molar-refractivity contribution in [3.8, 4) is 0 Å². The maximum Gasteiger partial charge on any atom is 0.328 e. The topological polar surface area (TPSA) is 55.1 Å². The number of halogens is 3. The van der Waals surface area contributed by atoms with Crippen LogP contribution in [0.4, 0.5) is 0 Å². The Bertz CT molecular complexity index is 389. The summed E-state index contributed by atoms with van der Waals surface area (Å²) in [6.07, 6.45) is 0. The van der Waals surface area contributed by atoms with Gasteiger partial charge in [0.1, 0.15) is 9.21 Å². The fourth-order valence-electron chi connectivity index (χ4n) is 1.22. The summed E-state index contributed by atoms with van der Waals surface area (Å²) in [5.74, 6) is -0.939. The van der Waals surface area contributed by atoms with E-state index in [1.165, 1.54) is 4.68 Å². The highest BCUT2D eigenvalue weighted by atomic mass is 79.9. The number of aromatic nitrogens is 2. The van der Waals surface area contributed by atoms with E-state index < -0.39 is 12.0 Å². The number of hydrogen-bond donors (Lipinski definition) is 1. The van der Waals surface area contributed by atoms with E-state index in [0.29, 0.717) is 9.21 Å². The lowest BCUT2D eigenvalue weighted by Gasteiger charge is -2.17. The van der Waals surface area contributed by atoms with Crippen LogP contribution in [-0.2, 0) is 4.79 Å². The first-order chi connectivity index (χ1) is 6.86. The van der Waals surface area contributed by atoms with Gasteiger partial charge in [-0.05, 0) is 53.7 Å². The molecule has 0 bridgehead atoms. The Labute approximate surface area is 112 Å². The molecule has 0 saturated heterocycles. The zero-order valence-corrected chi connectivity index (χ0v) is 12.8. The maximum atomic E-state index is 11.1. The van der Waals surface area contributed by atoms with Gasteiger partial charge in [-0.3, -0.25) is 0 Å².